The van der Waals surface area contributed by atoms with Crippen molar-refractivity contribution in [2.45, 2.75) is 51.1 Å². The van der Waals surface area contributed by atoms with E-state index in [-0.39, 0.29) is 24.1 Å². The van der Waals surface area contributed by atoms with Crippen molar-refractivity contribution < 1.29 is 19.0 Å². The molecule has 1 aromatic carbocycles. The van der Waals surface area contributed by atoms with Crippen LogP contribution < -0.4 is 4.74 Å². The normalized spacial score (nSPS) is 29.4. The Balaban J connectivity index is 1.75. The van der Waals surface area contributed by atoms with Gasteiger partial charge >= 0.3 is 0 Å². The Labute approximate surface area is 143 Å². The largest absolute Gasteiger partial charge is 0.491 e. The van der Waals surface area contributed by atoms with Gasteiger partial charge in [0.25, 0.3) is 0 Å². The Bertz CT molecular complexity index is 676. The summed E-state index contributed by atoms with van der Waals surface area (Å²) in [5.41, 5.74) is 1.27. The Morgan fingerprint density at radius 2 is 2.21 bits per heavy atom. The molecule has 3 rings (SSSR count). The number of carbonyl (C=O) groups is 1. The Morgan fingerprint density at radius 1 is 1.42 bits per heavy atom. The molecule has 4 nitrogen and oxygen atoms in total. The summed E-state index contributed by atoms with van der Waals surface area (Å²) in [6, 6.07) is 7.82. The highest BCUT2D eigenvalue weighted by Crippen LogP contribution is 2.36. The summed E-state index contributed by atoms with van der Waals surface area (Å²) in [6.45, 7) is 10.5. The smallest absolute Gasteiger partial charge is 0.158 e. The Kier molecular flexibility index (Phi) is 4.61. The van der Waals surface area contributed by atoms with E-state index in [0.717, 1.165) is 16.9 Å². The van der Waals surface area contributed by atoms with Crippen molar-refractivity contribution in [3.63, 3.8) is 0 Å². The van der Waals surface area contributed by atoms with Crippen molar-refractivity contribution in [1.82, 2.24) is 0 Å². The first-order valence-corrected chi connectivity index (χ1v) is 8.35. The Hall–Kier alpha value is -1.91. The van der Waals surface area contributed by atoms with E-state index in [9.17, 15) is 4.79 Å². The number of rotatable bonds is 4. The van der Waals surface area contributed by atoms with Crippen molar-refractivity contribution >= 4 is 11.4 Å². The fraction of sp³-hybridized carbons (Fsp3) is 0.450. The zero-order valence-corrected chi connectivity index (χ0v) is 14.5. The lowest BCUT2D eigenvalue weighted by Crippen LogP contribution is -2.53. The fourth-order valence-corrected chi connectivity index (χ4v) is 3.05. The zero-order valence-electron chi connectivity index (χ0n) is 14.5. The van der Waals surface area contributed by atoms with Crippen molar-refractivity contribution in [2.75, 3.05) is 6.61 Å². The molecular formula is C20H24O4. The second kappa shape index (κ2) is 6.54. The molecule has 1 heterocycles. The first-order chi connectivity index (χ1) is 11.4. The molecule has 128 valence electrons. The van der Waals surface area contributed by atoms with Gasteiger partial charge in [-0.1, -0.05) is 18.7 Å². The summed E-state index contributed by atoms with van der Waals surface area (Å²) < 4.78 is 17.9. The topological polar surface area (TPSA) is 44.8 Å². The summed E-state index contributed by atoms with van der Waals surface area (Å²) >= 11 is 0. The summed E-state index contributed by atoms with van der Waals surface area (Å²) in [5.74, 6) is 0.876. The number of allylic oxidation sites excluding steroid dienone is 1. The van der Waals surface area contributed by atoms with Crippen molar-refractivity contribution in [1.29, 1.82) is 0 Å². The molecule has 0 saturated carbocycles. The molecule has 0 unspecified atom stereocenters. The van der Waals surface area contributed by atoms with Gasteiger partial charge in [-0.15, -0.1) is 0 Å². The predicted molar refractivity (Wildman–Crippen MR) is 93.0 cm³/mol. The predicted octanol–water partition coefficient (Wildman–Crippen LogP) is 3.56. The molecule has 1 saturated heterocycles. The molecule has 0 radical (unpaired) electrons. The summed E-state index contributed by atoms with van der Waals surface area (Å²) in [4.78, 5) is 11.7. The van der Waals surface area contributed by atoms with Gasteiger partial charge in [0.05, 0.1) is 18.8 Å². The molecule has 0 aromatic heterocycles. The third kappa shape index (κ3) is 3.45. The second-order valence-corrected chi connectivity index (χ2v) is 6.83. The van der Waals surface area contributed by atoms with Crippen molar-refractivity contribution in [3.8, 4) is 5.75 Å². The van der Waals surface area contributed by atoms with Crippen molar-refractivity contribution in [3.05, 3.63) is 48.6 Å². The van der Waals surface area contributed by atoms with Crippen LogP contribution >= 0.6 is 0 Å². The Morgan fingerprint density at radius 3 is 2.96 bits per heavy atom. The lowest BCUT2D eigenvalue weighted by Gasteiger charge is -2.44. The minimum Gasteiger partial charge on any atom is -0.491 e. The molecule has 3 atom stereocenters. The van der Waals surface area contributed by atoms with E-state index in [2.05, 4.69) is 6.58 Å². The maximum Gasteiger partial charge on any atom is 0.158 e. The molecule has 0 N–H and O–H groups in total. The summed E-state index contributed by atoms with van der Waals surface area (Å²) in [7, 11) is 0. The van der Waals surface area contributed by atoms with Gasteiger partial charge in [0.1, 0.15) is 17.5 Å². The van der Waals surface area contributed by atoms with Gasteiger partial charge in [-0.05, 0) is 56.2 Å². The zero-order chi connectivity index (χ0) is 17.3. The van der Waals surface area contributed by atoms with Gasteiger partial charge in [-0.2, -0.15) is 0 Å². The van der Waals surface area contributed by atoms with Gasteiger partial charge in [0, 0.05) is 6.42 Å². The van der Waals surface area contributed by atoms with Gasteiger partial charge in [-0.25, -0.2) is 0 Å². The number of fused-ring (bicyclic) bond motifs is 1. The molecule has 1 fully saturated rings. The summed E-state index contributed by atoms with van der Waals surface area (Å²) in [5, 5.41) is 0. The fourth-order valence-electron chi connectivity index (χ4n) is 3.05. The third-order valence-corrected chi connectivity index (χ3v) is 4.47. The lowest BCUT2D eigenvalue weighted by atomic mass is 9.87. The minimum atomic E-state index is -0.534. The lowest BCUT2D eigenvalue weighted by molar-refractivity contribution is -0.196. The molecule has 0 bridgehead atoms. The quantitative estimate of drug-likeness (QED) is 0.848. The van der Waals surface area contributed by atoms with Crippen LogP contribution in [-0.2, 0) is 14.3 Å². The van der Waals surface area contributed by atoms with E-state index < -0.39 is 5.60 Å². The highest BCUT2D eigenvalue weighted by Gasteiger charge is 2.44. The minimum absolute atomic E-state index is 0.0691. The standard InChI is InChI=1S/C20H24O4/c1-13(2)23-17-7-5-6-15(10-17)14(3)18-12-22-20(4)9-8-16(21)11-19(20)24-18/h5-10,13,18-19H,3,11-12H2,1-2,4H3/t18-,19-,20+/m1/s1. The molecule has 2 aliphatic rings. The molecule has 4 heteroatoms. The number of ether oxygens (including phenoxy) is 3. The van der Waals surface area contributed by atoms with Crippen LogP contribution in [0.2, 0.25) is 0 Å². The number of hydrogen-bond acceptors (Lipinski definition) is 4. The van der Waals surface area contributed by atoms with Gasteiger partial charge in [-0.3, -0.25) is 4.79 Å². The van der Waals surface area contributed by atoms with Crippen LogP contribution in [-0.4, -0.2) is 36.3 Å². The maximum atomic E-state index is 11.7. The first-order valence-electron chi connectivity index (χ1n) is 8.35. The van der Waals surface area contributed by atoms with Gasteiger partial charge in [0.15, 0.2) is 5.78 Å². The van der Waals surface area contributed by atoms with E-state index in [1.807, 2.05) is 45.0 Å². The van der Waals surface area contributed by atoms with E-state index in [1.54, 1.807) is 12.2 Å². The molecule has 1 aromatic rings. The van der Waals surface area contributed by atoms with E-state index >= 15 is 0 Å². The number of benzene rings is 1. The first kappa shape index (κ1) is 16.9. The highest BCUT2D eigenvalue weighted by atomic mass is 16.6. The number of ketones is 1. The molecule has 0 amide bonds. The molecular weight excluding hydrogens is 304 g/mol. The van der Waals surface area contributed by atoms with Crippen LogP contribution in [0.3, 0.4) is 0 Å². The number of carbonyl (C=O) groups excluding carboxylic acids is 1. The summed E-state index contributed by atoms with van der Waals surface area (Å²) in [6.07, 6.45) is 3.30. The monoisotopic (exact) mass is 328 g/mol. The van der Waals surface area contributed by atoms with Crippen LogP contribution in [0.15, 0.2) is 43.0 Å². The van der Waals surface area contributed by atoms with Crippen LogP contribution in [0.25, 0.3) is 5.57 Å². The van der Waals surface area contributed by atoms with Crippen LogP contribution in [0, 0.1) is 0 Å². The molecule has 1 aliphatic heterocycles. The van der Waals surface area contributed by atoms with Crippen molar-refractivity contribution in [2.24, 2.45) is 0 Å². The highest BCUT2D eigenvalue weighted by molar-refractivity contribution is 5.91. The third-order valence-electron chi connectivity index (χ3n) is 4.47. The number of hydrogen-bond donors (Lipinski definition) is 0. The average Bonchev–Trinajstić information content (AvgIpc) is 2.54. The average molecular weight is 328 g/mol. The molecule has 0 spiro atoms. The molecule has 1 aliphatic carbocycles. The van der Waals surface area contributed by atoms with Crippen LogP contribution in [0.5, 0.6) is 5.75 Å². The SMILES string of the molecule is C=C(c1cccc(OC(C)C)c1)[C@H]1CO[C@@]2(C)C=CC(=O)C[C@H]2O1. The van der Waals surface area contributed by atoms with Crippen LogP contribution in [0.1, 0.15) is 32.8 Å². The van der Waals surface area contributed by atoms with Crippen LogP contribution in [0.4, 0.5) is 0 Å². The van der Waals surface area contributed by atoms with E-state index in [1.165, 1.54) is 0 Å². The van der Waals surface area contributed by atoms with Gasteiger partial charge < -0.3 is 14.2 Å². The second-order valence-electron chi connectivity index (χ2n) is 6.83. The van der Waals surface area contributed by atoms with Gasteiger partial charge in [0.2, 0.25) is 0 Å². The van der Waals surface area contributed by atoms with E-state index in [0.29, 0.717) is 13.0 Å². The molecule has 24 heavy (non-hydrogen) atoms. The van der Waals surface area contributed by atoms with E-state index in [4.69, 9.17) is 14.2 Å². The maximum absolute atomic E-state index is 11.7.